The van der Waals surface area contributed by atoms with Crippen LogP contribution in [0, 0.1) is 31.0 Å². The summed E-state index contributed by atoms with van der Waals surface area (Å²) in [6.45, 7) is 3.37. The summed E-state index contributed by atoms with van der Waals surface area (Å²) in [6.07, 6.45) is 2.85. The number of nitrogens with two attached hydrogens (primary N) is 1. The maximum absolute atomic E-state index is 15.0. The number of carbonyl (C=O) groups is 1. The third-order valence-electron chi connectivity index (χ3n) is 4.64. The molecule has 0 aliphatic carbocycles. The van der Waals surface area contributed by atoms with Crippen molar-refractivity contribution in [3.8, 4) is 6.07 Å². The second kappa shape index (κ2) is 7.67. The lowest BCUT2D eigenvalue weighted by atomic mass is 10.1. The molecule has 0 aliphatic heterocycles. The first-order valence-electron chi connectivity index (χ1n) is 8.68. The smallest absolute Gasteiger partial charge is 0.266 e. The normalized spacial score (nSPS) is 13.5. The summed E-state index contributed by atoms with van der Waals surface area (Å²) in [7, 11) is -2.67. The molecule has 3 aromatic rings. The van der Waals surface area contributed by atoms with Gasteiger partial charge in [0.2, 0.25) is 0 Å². The first-order chi connectivity index (χ1) is 13.7. The Morgan fingerprint density at radius 2 is 2.03 bits per heavy atom. The zero-order valence-corrected chi connectivity index (χ0v) is 17.0. The number of nitrogens with zero attached hydrogens (tertiary/aromatic N) is 1. The molecule has 1 aromatic heterocycles. The molecule has 0 fully saturated rings. The Morgan fingerprint density at radius 1 is 1.31 bits per heavy atom. The molecule has 0 aliphatic rings. The Morgan fingerprint density at radius 3 is 2.66 bits per heavy atom. The summed E-state index contributed by atoms with van der Waals surface area (Å²) in [4.78, 5) is 14.9. The van der Waals surface area contributed by atoms with Crippen molar-refractivity contribution in [1.29, 1.82) is 5.26 Å². The molecule has 0 radical (unpaired) electrons. The Bertz CT molecular complexity index is 1250. The predicted molar refractivity (Wildman–Crippen MR) is 111 cm³/mol. The summed E-state index contributed by atoms with van der Waals surface area (Å²) in [5.41, 5.74) is 7.35. The summed E-state index contributed by atoms with van der Waals surface area (Å²) in [5, 5.41) is 8.97. The average Bonchev–Trinajstić information content (AvgIpc) is 3.09. The number of halogens is 1. The van der Waals surface area contributed by atoms with E-state index >= 15 is 4.39 Å². The van der Waals surface area contributed by atoms with Crippen molar-refractivity contribution in [2.45, 2.75) is 13.8 Å². The molecule has 0 spiro atoms. The number of fused-ring (bicyclic) bond motifs is 1. The third-order valence-corrected chi connectivity index (χ3v) is 7.13. The van der Waals surface area contributed by atoms with Crippen LogP contribution < -0.4 is 16.3 Å². The van der Waals surface area contributed by atoms with E-state index in [-0.39, 0.29) is 21.7 Å². The molecule has 0 saturated carbocycles. The van der Waals surface area contributed by atoms with Crippen LogP contribution in [0.5, 0.6) is 0 Å². The maximum Gasteiger partial charge on any atom is 0.266 e. The molecule has 29 heavy (non-hydrogen) atoms. The van der Waals surface area contributed by atoms with Crippen LogP contribution >= 0.6 is 7.37 Å². The van der Waals surface area contributed by atoms with Gasteiger partial charge in [-0.25, -0.2) is 4.39 Å². The number of hydrogen-bond donors (Lipinski definition) is 2. The number of benzene rings is 2. The van der Waals surface area contributed by atoms with Crippen LogP contribution in [-0.4, -0.2) is 18.0 Å². The fourth-order valence-electron chi connectivity index (χ4n) is 3.32. The van der Waals surface area contributed by atoms with E-state index in [0.717, 1.165) is 5.56 Å². The van der Waals surface area contributed by atoms with Crippen LogP contribution in [-0.2, 0) is 9.09 Å². The number of hydrogen-bond acceptors (Lipinski definition) is 4. The number of H-pyrrole nitrogens is 1. The summed E-state index contributed by atoms with van der Waals surface area (Å²) in [5.74, 6) is -1.47. The second-order valence-electron chi connectivity index (χ2n) is 6.63. The maximum atomic E-state index is 15.0. The Hall–Kier alpha value is -3.20. The minimum absolute atomic E-state index is 0.0135. The Labute approximate surface area is 167 Å². The number of nitrogens with one attached hydrogen (secondary N) is 1. The zero-order chi connectivity index (χ0) is 21.3. The first kappa shape index (κ1) is 20.5. The molecule has 1 heterocycles. The fraction of sp³-hybridized carbons (Fsp3) is 0.143. The van der Waals surface area contributed by atoms with Crippen LogP contribution in [0.1, 0.15) is 27.2 Å². The van der Waals surface area contributed by atoms with Gasteiger partial charge >= 0.3 is 0 Å². The molecule has 3 N–H and O–H groups in total. The molecule has 1 amide bonds. The van der Waals surface area contributed by atoms with Crippen LogP contribution in [0.15, 0.2) is 36.4 Å². The van der Waals surface area contributed by atoms with Crippen molar-refractivity contribution in [1.82, 2.24) is 4.98 Å². The number of amides is 1. The van der Waals surface area contributed by atoms with Gasteiger partial charge in [-0.1, -0.05) is 12.1 Å². The Kier molecular flexibility index (Phi) is 5.43. The third kappa shape index (κ3) is 3.49. The molecule has 148 valence electrons. The number of allylic oxidation sites excluding steroid dienone is 1. The van der Waals surface area contributed by atoms with Gasteiger partial charge in [0.05, 0.1) is 11.4 Å². The van der Waals surface area contributed by atoms with E-state index in [1.807, 2.05) is 6.07 Å². The lowest BCUT2D eigenvalue weighted by molar-refractivity contribution is 0.0997. The number of aromatic amines is 1. The van der Waals surface area contributed by atoms with Gasteiger partial charge in [-0.05, 0) is 54.8 Å². The quantitative estimate of drug-likeness (QED) is 0.495. The first-order valence-corrected chi connectivity index (χ1v) is 10.3. The minimum atomic E-state index is -3.92. The van der Waals surface area contributed by atoms with E-state index in [2.05, 4.69) is 4.98 Å². The molecule has 8 heteroatoms. The molecule has 2 aromatic carbocycles. The number of primary amides is 1. The van der Waals surface area contributed by atoms with Gasteiger partial charge in [0, 0.05) is 29.4 Å². The largest absolute Gasteiger partial charge is 0.364 e. The van der Waals surface area contributed by atoms with Gasteiger partial charge in [0.1, 0.15) is 11.5 Å². The van der Waals surface area contributed by atoms with Gasteiger partial charge in [0.25, 0.3) is 13.3 Å². The van der Waals surface area contributed by atoms with Crippen molar-refractivity contribution >= 4 is 40.9 Å². The second-order valence-corrected chi connectivity index (χ2v) is 9.06. The van der Waals surface area contributed by atoms with E-state index in [9.17, 15) is 9.36 Å². The number of aromatic nitrogens is 1. The zero-order valence-electron chi connectivity index (χ0n) is 16.1. The van der Waals surface area contributed by atoms with E-state index in [0.29, 0.717) is 16.6 Å². The van der Waals surface area contributed by atoms with Gasteiger partial charge in [-0.2, -0.15) is 5.26 Å². The lowest BCUT2D eigenvalue weighted by Gasteiger charge is -2.19. The highest BCUT2D eigenvalue weighted by molar-refractivity contribution is 7.75. The fourth-order valence-corrected chi connectivity index (χ4v) is 5.64. The van der Waals surface area contributed by atoms with Crippen LogP contribution in [0.4, 0.5) is 4.39 Å². The summed E-state index contributed by atoms with van der Waals surface area (Å²) >= 11 is 0. The van der Waals surface area contributed by atoms with E-state index in [1.165, 1.54) is 13.2 Å². The molecule has 0 saturated heterocycles. The predicted octanol–water partition coefficient (Wildman–Crippen LogP) is 3.43. The monoisotopic (exact) mass is 411 g/mol. The number of nitriles is 1. The topological polar surface area (TPSA) is 109 Å². The minimum Gasteiger partial charge on any atom is -0.364 e. The molecule has 1 unspecified atom stereocenters. The highest BCUT2D eigenvalue weighted by Gasteiger charge is 2.37. The van der Waals surface area contributed by atoms with Crippen LogP contribution in [0.2, 0.25) is 0 Å². The van der Waals surface area contributed by atoms with Crippen molar-refractivity contribution < 1.29 is 18.3 Å². The Balaban J connectivity index is 2.42. The van der Waals surface area contributed by atoms with Crippen LogP contribution in [0.3, 0.4) is 0 Å². The molecular formula is C21H19FN3O3P. The number of rotatable bonds is 5. The average molecular weight is 411 g/mol. The molecule has 3 rings (SSSR count). The van der Waals surface area contributed by atoms with E-state index in [1.54, 1.807) is 50.3 Å². The standard InChI is InChI=1S/C21H19FN3O3P/c1-12-9-14(5-4-8-23)11-15(10-12)29(27,28-3)20-17-16(25-19(20)21(24)26)7-6-13(2)18(17)22/h4-7,9-11,25H,1-3H3,(H2,24,26)/b5-4+. The van der Waals surface area contributed by atoms with E-state index in [4.69, 9.17) is 15.5 Å². The van der Waals surface area contributed by atoms with Crippen molar-refractivity contribution in [3.63, 3.8) is 0 Å². The number of carbonyl (C=O) groups excluding carboxylic acids is 1. The SMILES string of the molecule is COP(=O)(c1cc(C)cc(/C=C/C#N)c1)c1c(C(N)=O)[nH]c2ccc(C)c(F)c12. The molecular weight excluding hydrogens is 392 g/mol. The number of aryl methyl sites for hydroxylation is 2. The van der Waals surface area contributed by atoms with Crippen molar-refractivity contribution in [2.75, 3.05) is 7.11 Å². The lowest BCUT2D eigenvalue weighted by Crippen LogP contribution is -2.26. The highest BCUT2D eigenvalue weighted by Crippen LogP contribution is 2.48. The van der Waals surface area contributed by atoms with Gasteiger partial charge in [0.15, 0.2) is 0 Å². The van der Waals surface area contributed by atoms with Gasteiger partial charge < -0.3 is 15.2 Å². The summed E-state index contributed by atoms with van der Waals surface area (Å²) < 4.78 is 34.6. The van der Waals surface area contributed by atoms with Crippen molar-refractivity contribution in [3.05, 3.63) is 64.6 Å². The molecule has 6 nitrogen and oxygen atoms in total. The highest BCUT2D eigenvalue weighted by atomic mass is 31.2. The van der Waals surface area contributed by atoms with Gasteiger partial charge in [-0.3, -0.25) is 9.36 Å². The van der Waals surface area contributed by atoms with Crippen molar-refractivity contribution in [2.24, 2.45) is 5.73 Å². The van der Waals surface area contributed by atoms with Crippen LogP contribution in [0.25, 0.3) is 17.0 Å². The molecule has 0 bridgehead atoms. The summed E-state index contributed by atoms with van der Waals surface area (Å²) in [6, 6.07) is 10.1. The molecule has 1 atom stereocenters. The van der Waals surface area contributed by atoms with E-state index < -0.39 is 19.1 Å². The van der Waals surface area contributed by atoms with Gasteiger partial charge in [-0.15, -0.1) is 0 Å².